The van der Waals surface area contributed by atoms with Gasteiger partial charge in [0.2, 0.25) is 5.75 Å². The van der Waals surface area contributed by atoms with Crippen LogP contribution in [0.15, 0.2) is 59.1 Å². The average Bonchev–Trinajstić information content (AvgIpc) is 3.26. The topological polar surface area (TPSA) is 115 Å². The molecule has 3 amide bonds. The fraction of sp³-hybridized carbons (Fsp3) is 0.115. The molecule has 12 heteroatoms. The van der Waals surface area contributed by atoms with Crippen LogP contribution in [0.2, 0.25) is 5.02 Å². The van der Waals surface area contributed by atoms with Crippen LogP contribution < -0.4 is 30.4 Å². The number of rotatable bonds is 7. The second kappa shape index (κ2) is 11.7. The van der Waals surface area contributed by atoms with Crippen LogP contribution in [0.5, 0.6) is 17.2 Å². The van der Waals surface area contributed by atoms with Gasteiger partial charge in [-0.3, -0.25) is 25.2 Å². The molecule has 0 unspecified atom stereocenters. The lowest BCUT2D eigenvalue weighted by Gasteiger charge is -2.14. The number of nitrogens with one attached hydrogen (secondary N) is 3. The molecule has 0 spiro atoms. The Labute approximate surface area is 235 Å². The Morgan fingerprint density at radius 2 is 1.39 bits per heavy atom. The Balaban J connectivity index is 1.39. The van der Waals surface area contributed by atoms with E-state index in [1.165, 1.54) is 56.9 Å². The van der Waals surface area contributed by atoms with Crippen molar-refractivity contribution in [2.45, 2.75) is 0 Å². The Morgan fingerprint density at radius 3 is 1.97 bits per heavy atom. The van der Waals surface area contributed by atoms with Crippen molar-refractivity contribution in [3.8, 4) is 17.2 Å². The minimum Gasteiger partial charge on any atom is -0.493 e. The maximum absolute atomic E-state index is 12.8. The molecule has 9 nitrogen and oxygen atoms in total. The van der Waals surface area contributed by atoms with Gasteiger partial charge in [0, 0.05) is 31.4 Å². The molecule has 0 atom stereocenters. The van der Waals surface area contributed by atoms with E-state index >= 15 is 0 Å². The Morgan fingerprint density at radius 1 is 0.789 bits per heavy atom. The molecule has 0 bridgehead atoms. The summed E-state index contributed by atoms with van der Waals surface area (Å²) >= 11 is 11.1. The molecule has 3 aromatic carbocycles. The maximum atomic E-state index is 12.8. The van der Waals surface area contributed by atoms with Gasteiger partial charge in [-0.1, -0.05) is 33.6 Å². The predicted molar refractivity (Wildman–Crippen MR) is 150 cm³/mol. The number of carbonyl (C=O) groups excluding carboxylic acids is 3. The number of hydrazine groups is 1. The summed E-state index contributed by atoms with van der Waals surface area (Å²) in [6.45, 7) is 0. The van der Waals surface area contributed by atoms with E-state index < -0.39 is 11.8 Å². The molecule has 0 radical (unpaired) electrons. The third kappa shape index (κ3) is 5.69. The van der Waals surface area contributed by atoms with E-state index in [0.717, 1.165) is 14.6 Å². The Kier molecular flexibility index (Phi) is 8.40. The van der Waals surface area contributed by atoms with Gasteiger partial charge in [0.15, 0.2) is 11.5 Å². The second-order valence-electron chi connectivity index (χ2n) is 7.74. The molecule has 196 valence electrons. The molecule has 0 aliphatic carbocycles. The van der Waals surface area contributed by atoms with Gasteiger partial charge in [0.1, 0.15) is 4.88 Å². The van der Waals surface area contributed by atoms with Gasteiger partial charge in [-0.25, -0.2) is 0 Å². The van der Waals surface area contributed by atoms with Gasteiger partial charge in [0.25, 0.3) is 17.7 Å². The zero-order chi connectivity index (χ0) is 27.4. The number of halogens is 2. The minimum absolute atomic E-state index is 0.185. The zero-order valence-corrected chi connectivity index (χ0v) is 23.5. The normalized spacial score (nSPS) is 10.6. The van der Waals surface area contributed by atoms with E-state index in [-0.39, 0.29) is 17.0 Å². The fourth-order valence-electron chi connectivity index (χ4n) is 3.55. The van der Waals surface area contributed by atoms with Crippen molar-refractivity contribution in [3.63, 3.8) is 0 Å². The number of anilines is 1. The molecule has 1 heterocycles. The average molecular weight is 619 g/mol. The lowest BCUT2D eigenvalue weighted by atomic mass is 10.1. The molecular weight excluding hydrogens is 598 g/mol. The SMILES string of the molecule is COc1cc(C(=O)NNC(=O)c2ccc(NC(=O)c3sc4cc(Br)ccc4c3Cl)cc2)cc(OC)c1OC. The zero-order valence-electron chi connectivity index (χ0n) is 20.3. The van der Waals surface area contributed by atoms with E-state index in [9.17, 15) is 14.4 Å². The third-order valence-corrected chi connectivity index (χ3v) is 7.57. The molecule has 0 saturated carbocycles. The molecule has 1 aromatic heterocycles. The molecule has 4 aromatic rings. The van der Waals surface area contributed by atoms with Crippen LogP contribution in [-0.4, -0.2) is 39.1 Å². The summed E-state index contributed by atoms with van der Waals surface area (Å²) in [5.74, 6) is -0.570. The smallest absolute Gasteiger partial charge is 0.269 e. The number of carbonyl (C=O) groups is 3. The van der Waals surface area contributed by atoms with Crippen molar-refractivity contribution in [3.05, 3.63) is 80.1 Å². The summed E-state index contributed by atoms with van der Waals surface area (Å²) in [7, 11) is 4.32. The number of benzene rings is 3. The van der Waals surface area contributed by atoms with Crippen molar-refractivity contribution in [1.29, 1.82) is 0 Å². The summed E-state index contributed by atoms with van der Waals surface area (Å²) in [5.41, 5.74) is 5.63. The highest BCUT2D eigenvalue weighted by Gasteiger charge is 2.19. The molecule has 0 fully saturated rings. The van der Waals surface area contributed by atoms with Crippen molar-refractivity contribution < 1.29 is 28.6 Å². The summed E-state index contributed by atoms with van der Waals surface area (Å²) in [4.78, 5) is 38.3. The van der Waals surface area contributed by atoms with Crippen LogP contribution in [-0.2, 0) is 0 Å². The highest BCUT2D eigenvalue weighted by molar-refractivity contribution is 9.10. The molecule has 4 rings (SSSR count). The molecule has 38 heavy (non-hydrogen) atoms. The predicted octanol–water partition coefficient (Wildman–Crippen LogP) is 5.67. The highest BCUT2D eigenvalue weighted by atomic mass is 79.9. The Bertz CT molecular complexity index is 1520. The van der Waals surface area contributed by atoms with Crippen LogP contribution in [0.25, 0.3) is 10.1 Å². The van der Waals surface area contributed by atoms with Crippen LogP contribution in [0.4, 0.5) is 5.69 Å². The molecule has 0 aliphatic rings. The standard InChI is InChI=1S/C26H21BrClN3O6S/c1-35-18-10-14(11-19(36-2)22(18)37-3)25(33)31-30-24(32)13-4-7-16(8-5-13)29-26(34)23-21(28)17-9-6-15(27)12-20(17)38-23/h4-12H,1-3H3,(H,29,34)(H,30,32)(H,31,33). The van der Waals surface area contributed by atoms with E-state index in [2.05, 4.69) is 32.1 Å². The fourth-order valence-corrected chi connectivity index (χ4v) is 5.51. The lowest BCUT2D eigenvalue weighted by molar-refractivity contribution is 0.0846. The number of fused-ring (bicyclic) bond motifs is 1. The van der Waals surface area contributed by atoms with Crippen LogP contribution in [0, 0.1) is 0 Å². The first-order valence-electron chi connectivity index (χ1n) is 10.9. The van der Waals surface area contributed by atoms with Crippen LogP contribution in [0.1, 0.15) is 30.4 Å². The number of hydrogen-bond acceptors (Lipinski definition) is 7. The van der Waals surface area contributed by atoms with Gasteiger partial charge < -0.3 is 19.5 Å². The summed E-state index contributed by atoms with van der Waals surface area (Å²) in [5, 5.41) is 3.96. The first kappa shape index (κ1) is 27.2. The molecule has 3 N–H and O–H groups in total. The molecule has 0 aliphatic heterocycles. The first-order valence-corrected chi connectivity index (χ1v) is 12.9. The van der Waals surface area contributed by atoms with Gasteiger partial charge in [-0.15, -0.1) is 11.3 Å². The first-order chi connectivity index (χ1) is 18.2. The summed E-state index contributed by atoms with van der Waals surface area (Å²) in [6.07, 6.45) is 0. The number of hydrogen-bond donors (Lipinski definition) is 3. The van der Waals surface area contributed by atoms with E-state index in [4.69, 9.17) is 25.8 Å². The van der Waals surface area contributed by atoms with E-state index in [1.807, 2.05) is 18.2 Å². The van der Waals surface area contributed by atoms with Gasteiger partial charge in [-0.2, -0.15) is 0 Å². The van der Waals surface area contributed by atoms with Crippen LogP contribution in [0.3, 0.4) is 0 Å². The molecular formula is C26H21BrClN3O6S. The van der Waals surface area contributed by atoms with Crippen molar-refractivity contribution in [1.82, 2.24) is 10.9 Å². The quantitative estimate of drug-likeness (QED) is 0.230. The summed E-state index contributed by atoms with van der Waals surface area (Å²) < 4.78 is 17.5. The van der Waals surface area contributed by atoms with Crippen molar-refractivity contribution in [2.75, 3.05) is 26.6 Å². The van der Waals surface area contributed by atoms with Crippen molar-refractivity contribution >= 4 is 72.4 Å². The van der Waals surface area contributed by atoms with E-state index in [0.29, 0.717) is 32.8 Å². The summed E-state index contributed by atoms with van der Waals surface area (Å²) in [6, 6.07) is 14.7. The lowest BCUT2D eigenvalue weighted by Crippen LogP contribution is -2.41. The number of ether oxygens (including phenoxy) is 3. The van der Waals surface area contributed by atoms with Crippen molar-refractivity contribution in [2.24, 2.45) is 0 Å². The third-order valence-electron chi connectivity index (χ3n) is 5.42. The van der Waals surface area contributed by atoms with E-state index in [1.54, 1.807) is 12.1 Å². The monoisotopic (exact) mass is 617 g/mol. The van der Waals surface area contributed by atoms with Gasteiger partial charge in [0.05, 0.1) is 26.4 Å². The number of amides is 3. The van der Waals surface area contributed by atoms with Gasteiger partial charge >= 0.3 is 0 Å². The minimum atomic E-state index is -0.589. The maximum Gasteiger partial charge on any atom is 0.269 e. The number of thiophene rings is 1. The largest absolute Gasteiger partial charge is 0.493 e. The Hall–Kier alpha value is -3.80. The number of methoxy groups -OCH3 is 3. The highest BCUT2D eigenvalue weighted by Crippen LogP contribution is 2.38. The second-order valence-corrected chi connectivity index (χ2v) is 10.1. The van der Waals surface area contributed by atoms with Crippen LogP contribution >= 0.6 is 38.9 Å². The molecule has 0 saturated heterocycles. The van der Waals surface area contributed by atoms with Gasteiger partial charge in [-0.05, 0) is 48.5 Å².